The first-order valence-corrected chi connectivity index (χ1v) is 7.16. The third-order valence-corrected chi connectivity index (χ3v) is 3.01. The Labute approximate surface area is 135 Å². The molecule has 5 nitrogen and oxygen atoms in total. The number of nitrogens with one attached hydrogen (secondary N) is 1. The van der Waals surface area contributed by atoms with Gasteiger partial charge in [-0.05, 0) is 18.1 Å². The molecule has 0 aliphatic heterocycles. The molecule has 1 amide bonds. The Hall–Kier alpha value is -2.82. The molecule has 0 bridgehead atoms. The van der Waals surface area contributed by atoms with Crippen molar-refractivity contribution in [1.82, 2.24) is 5.32 Å². The van der Waals surface area contributed by atoms with Crippen LogP contribution in [0.2, 0.25) is 0 Å². The molecule has 0 aliphatic rings. The van der Waals surface area contributed by atoms with Gasteiger partial charge in [0, 0.05) is 0 Å². The largest absolute Gasteiger partial charge is 0.459 e. The summed E-state index contributed by atoms with van der Waals surface area (Å²) in [5, 5.41) is 2.34. The van der Waals surface area contributed by atoms with Crippen LogP contribution >= 0.6 is 0 Å². The van der Waals surface area contributed by atoms with E-state index in [9.17, 15) is 9.59 Å². The predicted molar refractivity (Wildman–Crippen MR) is 85.1 cm³/mol. The van der Waals surface area contributed by atoms with Crippen molar-refractivity contribution >= 4 is 12.1 Å². The van der Waals surface area contributed by atoms with Crippen molar-refractivity contribution in [1.29, 1.82) is 0 Å². The Morgan fingerprint density at radius 2 is 1.35 bits per heavy atom. The number of hydrogen-bond acceptors (Lipinski definition) is 4. The van der Waals surface area contributed by atoms with Crippen molar-refractivity contribution in [2.45, 2.75) is 19.3 Å². The fourth-order valence-electron chi connectivity index (χ4n) is 1.80. The van der Waals surface area contributed by atoms with Crippen LogP contribution in [0.3, 0.4) is 0 Å². The number of alkyl carbamates (subject to hydrolysis) is 1. The molecule has 119 valence electrons. The topological polar surface area (TPSA) is 64.6 Å². The van der Waals surface area contributed by atoms with Gasteiger partial charge in [-0.1, -0.05) is 60.7 Å². The van der Waals surface area contributed by atoms with Gasteiger partial charge in [0.25, 0.3) is 0 Å². The summed E-state index contributed by atoms with van der Waals surface area (Å²) in [7, 11) is 0. The van der Waals surface area contributed by atoms with Crippen LogP contribution in [0.1, 0.15) is 11.1 Å². The highest BCUT2D eigenvalue weighted by Crippen LogP contribution is 2.03. The van der Waals surface area contributed by atoms with Crippen LogP contribution in [0, 0.1) is 6.92 Å². The van der Waals surface area contributed by atoms with Gasteiger partial charge < -0.3 is 14.8 Å². The molecule has 23 heavy (non-hydrogen) atoms. The fraction of sp³-hybridized carbons (Fsp3) is 0.167. The average Bonchev–Trinajstić information content (AvgIpc) is 2.59. The number of benzene rings is 2. The van der Waals surface area contributed by atoms with Crippen LogP contribution in [-0.4, -0.2) is 18.1 Å². The van der Waals surface area contributed by atoms with Crippen LogP contribution in [0.5, 0.6) is 0 Å². The lowest BCUT2D eigenvalue weighted by atomic mass is 10.2. The van der Waals surface area contributed by atoms with E-state index < -0.39 is 18.1 Å². The maximum atomic E-state index is 11.8. The first-order chi connectivity index (χ1) is 11.1. The van der Waals surface area contributed by atoms with Gasteiger partial charge in [0.2, 0.25) is 0 Å². The summed E-state index contributed by atoms with van der Waals surface area (Å²) in [5.74, 6) is -0.620. The van der Waals surface area contributed by atoms with E-state index in [-0.39, 0.29) is 13.2 Å². The maximum Gasteiger partial charge on any atom is 0.408 e. The minimum atomic E-state index is -1.03. The van der Waals surface area contributed by atoms with Crippen molar-refractivity contribution < 1.29 is 19.1 Å². The van der Waals surface area contributed by atoms with Crippen molar-refractivity contribution in [3.63, 3.8) is 0 Å². The minimum Gasteiger partial charge on any atom is -0.459 e. The lowest BCUT2D eigenvalue weighted by Crippen LogP contribution is -2.40. The van der Waals surface area contributed by atoms with Crippen LogP contribution in [0.15, 0.2) is 60.7 Å². The molecule has 0 unspecified atom stereocenters. The molecule has 0 saturated carbocycles. The lowest BCUT2D eigenvalue weighted by molar-refractivity contribution is -0.146. The van der Waals surface area contributed by atoms with Crippen LogP contribution in [0.25, 0.3) is 0 Å². The Morgan fingerprint density at radius 3 is 1.87 bits per heavy atom. The maximum absolute atomic E-state index is 11.8. The summed E-state index contributed by atoms with van der Waals surface area (Å²) in [6.45, 7) is 3.81. The highest BCUT2D eigenvalue weighted by atomic mass is 16.6. The van der Waals surface area contributed by atoms with Gasteiger partial charge in [-0.2, -0.15) is 0 Å². The van der Waals surface area contributed by atoms with Crippen molar-refractivity contribution in [2.75, 3.05) is 0 Å². The van der Waals surface area contributed by atoms with Gasteiger partial charge in [0.1, 0.15) is 19.3 Å². The van der Waals surface area contributed by atoms with Gasteiger partial charge in [-0.25, -0.2) is 9.59 Å². The third-order valence-electron chi connectivity index (χ3n) is 3.01. The molecule has 0 aliphatic carbocycles. The van der Waals surface area contributed by atoms with Crippen LogP contribution in [0.4, 0.5) is 4.79 Å². The Kier molecular flexibility index (Phi) is 6.17. The molecule has 5 heteroatoms. The van der Waals surface area contributed by atoms with Crippen molar-refractivity contribution in [3.8, 4) is 0 Å². The molecule has 0 spiro atoms. The summed E-state index contributed by atoms with van der Waals surface area (Å²) >= 11 is 0. The molecular formula is C18H18NO4. The van der Waals surface area contributed by atoms with Gasteiger partial charge in [0.05, 0.1) is 0 Å². The molecular weight excluding hydrogens is 294 g/mol. The summed E-state index contributed by atoms with van der Waals surface area (Å²) in [6.07, 6.45) is -0.717. The number of hydrogen-bond donors (Lipinski definition) is 1. The second-order valence-electron chi connectivity index (χ2n) is 4.85. The molecule has 0 fully saturated rings. The number of rotatable bonds is 6. The average molecular weight is 312 g/mol. The summed E-state index contributed by atoms with van der Waals surface area (Å²) < 4.78 is 10.1. The standard InChI is InChI=1S/C18H18NO4/c1-14(17(20)22-12-15-8-4-2-5-9-15)19-18(21)23-13-16-10-6-3-7-11-16/h2-11,14H,1,12-13H2,(H,19,21)/t14-/m0/s1. The van der Waals surface area contributed by atoms with E-state index in [1.165, 1.54) is 0 Å². The lowest BCUT2D eigenvalue weighted by Gasteiger charge is -2.13. The van der Waals surface area contributed by atoms with E-state index in [1.807, 2.05) is 60.7 Å². The number of carbonyl (C=O) groups excluding carboxylic acids is 2. The highest BCUT2D eigenvalue weighted by molar-refractivity contribution is 5.81. The number of amides is 1. The molecule has 2 rings (SSSR count). The van der Waals surface area contributed by atoms with E-state index in [4.69, 9.17) is 9.47 Å². The first kappa shape index (κ1) is 16.5. The molecule has 1 N–H and O–H groups in total. The molecule has 2 aromatic carbocycles. The smallest absolute Gasteiger partial charge is 0.408 e. The Bertz CT molecular complexity index is 628. The summed E-state index contributed by atoms with van der Waals surface area (Å²) in [6, 6.07) is 17.5. The molecule has 0 saturated heterocycles. The SMILES string of the molecule is [CH2][C@H](NC(=O)OCc1ccccc1)C(=O)OCc1ccccc1. The molecule has 1 radical (unpaired) electrons. The van der Waals surface area contributed by atoms with Gasteiger partial charge in [-0.3, -0.25) is 0 Å². The normalized spacial score (nSPS) is 11.3. The molecule has 2 aromatic rings. The zero-order valence-corrected chi connectivity index (χ0v) is 12.6. The second kappa shape index (κ2) is 8.58. The first-order valence-electron chi connectivity index (χ1n) is 7.16. The second-order valence-corrected chi connectivity index (χ2v) is 4.85. The monoisotopic (exact) mass is 312 g/mol. The summed E-state index contributed by atoms with van der Waals surface area (Å²) in [4.78, 5) is 23.4. The summed E-state index contributed by atoms with van der Waals surface area (Å²) in [5.41, 5.74) is 1.72. The number of esters is 1. The van der Waals surface area contributed by atoms with E-state index in [0.717, 1.165) is 11.1 Å². The van der Waals surface area contributed by atoms with Crippen LogP contribution < -0.4 is 5.32 Å². The predicted octanol–water partition coefficient (Wildman–Crippen LogP) is 2.86. The van der Waals surface area contributed by atoms with E-state index >= 15 is 0 Å². The quantitative estimate of drug-likeness (QED) is 0.833. The van der Waals surface area contributed by atoms with Gasteiger partial charge in [-0.15, -0.1) is 0 Å². The van der Waals surface area contributed by atoms with E-state index in [0.29, 0.717) is 0 Å². The van der Waals surface area contributed by atoms with Gasteiger partial charge >= 0.3 is 12.1 Å². The fourth-order valence-corrected chi connectivity index (χ4v) is 1.80. The zero-order chi connectivity index (χ0) is 16.5. The van der Waals surface area contributed by atoms with E-state index in [1.54, 1.807) is 0 Å². The van der Waals surface area contributed by atoms with Crippen molar-refractivity contribution in [2.24, 2.45) is 0 Å². The molecule has 0 heterocycles. The van der Waals surface area contributed by atoms with Crippen molar-refractivity contribution in [3.05, 3.63) is 78.7 Å². The third kappa shape index (κ3) is 5.82. The number of ether oxygens (including phenoxy) is 2. The minimum absolute atomic E-state index is 0.123. The van der Waals surface area contributed by atoms with Crippen LogP contribution in [-0.2, 0) is 27.5 Å². The highest BCUT2D eigenvalue weighted by Gasteiger charge is 2.18. The number of carbonyl (C=O) groups is 2. The Morgan fingerprint density at radius 1 is 0.870 bits per heavy atom. The molecule has 1 atom stereocenters. The zero-order valence-electron chi connectivity index (χ0n) is 12.6. The van der Waals surface area contributed by atoms with Gasteiger partial charge in [0.15, 0.2) is 0 Å². The van der Waals surface area contributed by atoms with E-state index in [2.05, 4.69) is 12.2 Å². The Balaban J connectivity index is 1.71. The molecule has 0 aromatic heterocycles.